The van der Waals surface area contributed by atoms with Crippen LogP contribution in [0.2, 0.25) is 0 Å². The standard InChI is InChI=1S/C14H21N5S/c1-11(2)15-7-8-19-14(16-17-18-19)20-10-13-6-4-5-12(3)9-13/h4-6,9,11,15H,7-8,10H2,1-3H3. The molecule has 20 heavy (non-hydrogen) atoms. The van der Waals surface area contributed by atoms with Crippen molar-refractivity contribution in [3.63, 3.8) is 0 Å². The van der Waals surface area contributed by atoms with Crippen molar-refractivity contribution in [2.75, 3.05) is 6.54 Å². The Morgan fingerprint density at radius 2 is 2.20 bits per heavy atom. The van der Waals surface area contributed by atoms with E-state index in [-0.39, 0.29) is 0 Å². The van der Waals surface area contributed by atoms with E-state index in [1.165, 1.54) is 11.1 Å². The van der Waals surface area contributed by atoms with E-state index in [0.29, 0.717) is 6.04 Å². The number of tetrazole rings is 1. The van der Waals surface area contributed by atoms with Crippen LogP contribution in [0.5, 0.6) is 0 Å². The predicted molar refractivity (Wildman–Crippen MR) is 81.7 cm³/mol. The van der Waals surface area contributed by atoms with Crippen molar-refractivity contribution in [1.82, 2.24) is 25.5 Å². The molecule has 0 unspecified atom stereocenters. The van der Waals surface area contributed by atoms with E-state index in [4.69, 9.17) is 0 Å². The summed E-state index contributed by atoms with van der Waals surface area (Å²) in [6.07, 6.45) is 0. The molecule has 6 heteroatoms. The lowest BCUT2D eigenvalue weighted by molar-refractivity contribution is 0.485. The van der Waals surface area contributed by atoms with Gasteiger partial charge < -0.3 is 5.32 Å². The second kappa shape index (κ2) is 7.40. The number of nitrogens with one attached hydrogen (secondary N) is 1. The van der Waals surface area contributed by atoms with E-state index < -0.39 is 0 Å². The first-order valence-electron chi connectivity index (χ1n) is 6.83. The van der Waals surface area contributed by atoms with E-state index in [2.05, 4.69) is 65.9 Å². The summed E-state index contributed by atoms with van der Waals surface area (Å²) in [5.41, 5.74) is 2.58. The summed E-state index contributed by atoms with van der Waals surface area (Å²) >= 11 is 1.67. The van der Waals surface area contributed by atoms with Gasteiger partial charge in [-0.05, 0) is 22.9 Å². The molecule has 2 rings (SSSR count). The summed E-state index contributed by atoms with van der Waals surface area (Å²) in [7, 11) is 0. The zero-order valence-corrected chi connectivity index (χ0v) is 13.0. The van der Waals surface area contributed by atoms with Gasteiger partial charge in [0.15, 0.2) is 0 Å². The second-order valence-corrected chi connectivity index (χ2v) is 6.01. The van der Waals surface area contributed by atoms with Crippen LogP contribution >= 0.6 is 11.8 Å². The Bertz CT molecular complexity index is 538. The number of aryl methyl sites for hydroxylation is 1. The number of hydrogen-bond acceptors (Lipinski definition) is 5. The fourth-order valence-corrected chi connectivity index (χ4v) is 2.70. The van der Waals surface area contributed by atoms with Crippen molar-refractivity contribution in [3.05, 3.63) is 35.4 Å². The third kappa shape index (κ3) is 4.61. The molecule has 0 bridgehead atoms. The average Bonchev–Trinajstić information content (AvgIpc) is 2.84. The second-order valence-electron chi connectivity index (χ2n) is 5.07. The molecule has 0 saturated carbocycles. The Balaban J connectivity index is 1.88. The van der Waals surface area contributed by atoms with Crippen molar-refractivity contribution in [2.24, 2.45) is 0 Å². The molecular weight excluding hydrogens is 270 g/mol. The highest BCUT2D eigenvalue weighted by atomic mass is 32.2. The molecule has 0 saturated heterocycles. The lowest BCUT2D eigenvalue weighted by Crippen LogP contribution is -2.27. The molecule has 1 N–H and O–H groups in total. The Morgan fingerprint density at radius 1 is 1.35 bits per heavy atom. The lowest BCUT2D eigenvalue weighted by atomic mass is 10.2. The molecule has 2 aromatic rings. The van der Waals surface area contributed by atoms with Gasteiger partial charge in [0.05, 0.1) is 6.54 Å². The molecule has 0 atom stereocenters. The predicted octanol–water partition coefficient (Wildman–Crippen LogP) is 2.27. The summed E-state index contributed by atoms with van der Waals surface area (Å²) in [5.74, 6) is 0.889. The molecule has 1 aromatic carbocycles. The van der Waals surface area contributed by atoms with Gasteiger partial charge >= 0.3 is 0 Å². The highest BCUT2D eigenvalue weighted by molar-refractivity contribution is 7.98. The van der Waals surface area contributed by atoms with E-state index in [0.717, 1.165) is 24.0 Å². The highest BCUT2D eigenvalue weighted by Gasteiger charge is 2.07. The molecule has 0 spiro atoms. The summed E-state index contributed by atoms with van der Waals surface area (Å²) in [6, 6.07) is 9.00. The van der Waals surface area contributed by atoms with E-state index in [1.807, 2.05) is 4.68 Å². The Morgan fingerprint density at radius 3 is 2.95 bits per heavy atom. The van der Waals surface area contributed by atoms with Crippen molar-refractivity contribution < 1.29 is 0 Å². The summed E-state index contributed by atoms with van der Waals surface area (Å²) in [5, 5.41) is 16.1. The molecular formula is C14H21N5S. The SMILES string of the molecule is Cc1cccc(CSc2nnnn2CCNC(C)C)c1. The molecule has 0 radical (unpaired) electrons. The molecule has 0 fully saturated rings. The monoisotopic (exact) mass is 291 g/mol. The molecule has 0 aliphatic rings. The molecule has 0 aliphatic carbocycles. The van der Waals surface area contributed by atoms with Crippen LogP contribution in [0.4, 0.5) is 0 Å². The van der Waals surface area contributed by atoms with Crippen LogP contribution in [0.1, 0.15) is 25.0 Å². The minimum atomic E-state index is 0.481. The smallest absolute Gasteiger partial charge is 0.209 e. The van der Waals surface area contributed by atoms with Crippen LogP contribution in [0.3, 0.4) is 0 Å². The van der Waals surface area contributed by atoms with Crippen molar-refractivity contribution in [1.29, 1.82) is 0 Å². The zero-order chi connectivity index (χ0) is 14.4. The van der Waals surface area contributed by atoms with Gasteiger partial charge in [-0.2, -0.15) is 0 Å². The van der Waals surface area contributed by atoms with Crippen LogP contribution in [-0.2, 0) is 12.3 Å². The number of hydrogen-bond donors (Lipinski definition) is 1. The van der Waals surface area contributed by atoms with Crippen LogP contribution in [-0.4, -0.2) is 32.8 Å². The molecule has 5 nitrogen and oxygen atoms in total. The fraction of sp³-hybridized carbons (Fsp3) is 0.500. The average molecular weight is 291 g/mol. The molecule has 0 amide bonds. The van der Waals surface area contributed by atoms with Crippen molar-refractivity contribution in [3.8, 4) is 0 Å². The topological polar surface area (TPSA) is 55.6 Å². The molecule has 0 aliphatic heterocycles. The maximum absolute atomic E-state index is 4.09. The number of benzene rings is 1. The van der Waals surface area contributed by atoms with Gasteiger partial charge in [-0.25, -0.2) is 4.68 Å². The van der Waals surface area contributed by atoms with Crippen molar-refractivity contribution in [2.45, 2.75) is 44.3 Å². The van der Waals surface area contributed by atoms with Crippen LogP contribution in [0.25, 0.3) is 0 Å². The number of thioether (sulfide) groups is 1. The van der Waals surface area contributed by atoms with E-state index in [9.17, 15) is 0 Å². The first-order valence-corrected chi connectivity index (χ1v) is 7.81. The van der Waals surface area contributed by atoms with Crippen LogP contribution < -0.4 is 5.32 Å². The maximum atomic E-state index is 4.09. The molecule has 1 aromatic heterocycles. The summed E-state index contributed by atoms with van der Waals surface area (Å²) in [6.45, 7) is 8.04. The van der Waals surface area contributed by atoms with Gasteiger partial charge in [0.2, 0.25) is 5.16 Å². The van der Waals surface area contributed by atoms with Gasteiger partial charge in [0.1, 0.15) is 0 Å². The molecule has 108 valence electrons. The largest absolute Gasteiger partial charge is 0.313 e. The number of nitrogens with zero attached hydrogens (tertiary/aromatic N) is 4. The van der Waals surface area contributed by atoms with Gasteiger partial charge in [-0.1, -0.05) is 55.4 Å². The van der Waals surface area contributed by atoms with Crippen LogP contribution in [0, 0.1) is 6.92 Å². The maximum Gasteiger partial charge on any atom is 0.209 e. The van der Waals surface area contributed by atoms with Gasteiger partial charge in [-0.15, -0.1) is 5.10 Å². The van der Waals surface area contributed by atoms with Gasteiger partial charge in [0, 0.05) is 18.3 Å². The summed E-state index contributed by atoms with van der Waals surface area (Å²) < 4.78 is 1.86. The van der Waals surface area contributed by atoms with E-state index in [1.54, 1.807) is 11.8 Å². The van der Waals surface area contributed by atoms with Crippen molar-refractivity contribution >= 4 is 11.8 Å². The zero-order valence-electron chi connectivity index (χ0n) is 12.2. The Labute approximate surface area is 124 Å². The third-order valence-electron chi connectivity index (χ3n) is 2.83. The van der Waals surface area contributed by atoms with E-state index >= 15 is 0 Å². The van der Waals surface area contributed by atoms with Gasteiger partial charge in [-0.3, -0.25) is 0 Å². The highest BCUT2D eigenvalue weighted by Crippen LogP contribution is 2.20. The fourth-order valence-electron chi connectivity index (χ4n) is 1.85. The number of rotatable bonds is 7. The number of aromatic nitrogens is 4. The van der Waals surface area contributed by atoms with Crippen LogP contribution in [0.15, 0.2) is 29.4 Å². The molecule has 1 heterocycles. The quantitative estimate of drug-likeness (QED) is 0.793. The minimum Gasteiger partial charge on any atom is -0.313 e. The lowest BCUT2D eigenvalue weighted by Gasteiger charge is -2.08. The minimum absolute atomic E-state index is 0.481. The first kappa shape index (κ1) is 15.0. The Hall–Kier alpha value is -1.40. The Kier molecular flexibility index (Phi) is 5.55. The van der Waals surface area contributed by atoms with Gasteiger partial charge in [0.25, 0.3) is 0 Å². The third-order valence-corrected chi connectivity index (χ3v) is 3.85. The first-order chi connectivity index (χ1) is 9.65. The summed E-state index contributed by atoms with van der Waals surface area (Å²) in [4.78, 5) is 0. The normalized spacial score (nSPS) is 11.2.